The van der Waals surface area contributed by atoms with Crippen LogP contribution in [0.1, 0.15) is 11.3 Å². The predicted molar refractivity (Wildman–Crippen MR) is 65.7 cm³/mol. The molecular formula is C11H13BrN4. The number of rotatable bonds is 4. The lowest BCUT2D eigenvalue weighted by Gasteiger charge is -2.06. The number of halogens is 1. The van der Waals surface area contributed by atoms with E-state index >= 15 is 0 Å². The van der Waals surface area contributed by atoms with Crippen LogP contribution in [-0.2, 0) is 20.1 Å². The highest BCUT2D eigenvalue weighted by Crippen LogP contribution is 2.15. The van der Waals surface area contributed by atoms with Gasteiger partial charge in [0.15, 0.2) is 0 Å². The van der Waals surface area contributed by atoms with Crippen molar-refractivity contribution in [2.45, 2.75) is 13.1 Å². The third kappa shape index (κ3) is 2.68. The zero-order valence-corrected chi connectivity index (χ0v) is 10.6. The van der Waals surface area contributed by atoms with Crippen molar-refractivity contribution in [2.75, 3.05) is 0 Å². The maximum Gasteiger partial charge on any atom is 0.0738 e. The average Bonchev–Trinajstić information content (AvgIpc) is 2.67. The molecule has 0 aliphatic rings. The third-order valence-corrected chi connectivity index (χ3v) is 3.16. The molecule has 0 unspecified atom stereocenters. The van der Waals surface area contributed by atoms with Crippen molar-refractivity contribution in [1.29, 1.82) is 0 Å². The van der Waals surface area contributed by atoms with Crippen LogP contribution in [-0.4, -0.2) is 15.0 Å². The second kappa shape index (κ2) is 5.23. The lowest BCUT2D eigenvalue weighted by Crippen LogP contribution is -2.15. The van der Waals surface area contributed by atoms with Gasteiger partial charge in [-0.3, -0.25) is 4.68 Å². The Labute approximate surface area is 103 Å². The Balaban J connectivity index is 1.89. The molecule has 0 aliphatic heterocycles. The lowest BCUT2D eigenvalue weighted by molar-refractivity contribution is 0.616. The fraction of sp³-hybridized carbons (Fsp3) is 0.273. The quantitative estimate of drug-likeness (QED) is 0.930. The molecule has 0 spiro atoms. The maximum absolute atomic E-state index is 3.88. The van der Waals surface area contributed by atoms with Gasteiger partial charge in [-0.05, 0) is 11.6 Å². The molecule has 84 valence electrons. The van der Waals surface area contributed by atoms with E-state index in [0.29, 0.717) is 0 Å². The summed E-state index contributed by atoms with van der Waals surface area (Å²) in [7, 11) is 1.89. The van der Waals surface area contributed by atoms with Gasteiger partial charge in [0.1, 0.15) is 0 Å². The minimum atomic E-state index is 0.769. The third-order valence-electron chi connectivity index (χ3n) is 2.39. The Morgan fingerprint density at radius 1 is 1.31 bits per heavy atom. The summed E-state index contributed by atoms with van der Waals surface area (Å²) in [4.78, 5) is 0. The van der Waals surface area contributed by atoms with E-state index in [1.807, 2.05) is 25.2 Å². The van der Waals surface area contributed by atoms with Crippen LogP contribution >= 0.6 is 15.9 Å². The van der Waals surface area contributed by atoms with Crippen molar-refractivity contribution in [3.8, 4) is 0 Å². The number of hydrogen-bond donors (Lipinski definition) is 1. The highest BCUT2D eigenvalue weighted by molar-refractivity contribution is 9.10. The zero-order valence-electron chi connectivity index (χ0n) is 9.02. The van der Waals surface area contributed by atoms with Crippen LogP contribution < -0.4 is 5.32 Å². The van der Waals surface area contributed by atoms with Crippen molar-refractivity contribution in [1.82, 2.24) is 20.3 Å². The first-order chi connectivity index (χ1) is 7.77. The highest BCUT2D eigenvalue weighted by Gasteiger charge is 2.00. The van der Waals surface area contributed by atoms with Gasteiger partial charge in [0.25, 0.3) is 0 Å². The van der Waals surface area contributed by atoms with E-state index in [0.717, 1.165) is 23.3 Å². The van der Waals surface area contributed by atoms with E-state index in [1.54, 1.807) is 10.9 Å². The van der Waals surface area contributed by atoms with E-state index in [1.165, 1.54) is 5.56 Å². The summed E-state index contributed by atoms with van der Waals surface area (Å²) in [6, 6.07) is 8.19. The summed E-state index contributed by atoms with van der Waals surface area (Å²) in [5.41, 5.74) is 2.32. The van der Waals surface area contributed by atoms with Gasteiger partial charge in [0.2, 0.25) is 0 Å². The number of hydrogen-bond acceptors (Lipinski definition) is 3. The van der Waals surface area contributed by atoms with Crippen LogP contribution in [0.5, 0.6) is 0 Å². The van der Waals surface area contributed by atoms with Crippen LogP contribution in [0, 0.1) is 0 Å². The Hall–Kier alpha value is -1.20. The van der Waals surface area contributed by atoms with E-state index in [4.69, 9.17) is 0 Å². The van der Waals surface area contributed by atoms with E-state index in [-0.39, 0.29) is 0 Å². The van der Waals surface area contributed by atoms with Crippen molar-refractivity contribution in [3.63, 3.8) is 0 Å². The second-order valence-corrected chi connectivity index (χ2v) is 4.40. The molecule has 2 rings (SSSR count). The first kappa shape index (κ1) is 11.3. The summed E-state index contributed by atoms with van der Waals surface area (Å²) in [6.07, 6.45) is 1.77. The first-order valence-electron chi connectivity index (χ1n) is 5.05. The molecular weight excluding hydrogens is 268 g/mol. The zero-order chi connectivity index (χ0) is 11.4. The number of aryl methyl sites for hydroxylation is 1. The van der Waals surface area contributed by atoms with Gasteiger partial charge in [-0.25, -0.2) is 0 Å². The van der Waals surface area contributed by atoms with Gasteiger partial charge < -0.3 is 5.32 Å². The SMILES string of the molecule is Cn1nncc1CNCc1ccccc1Br. The van der Waals surface area contributed by atoms with E-state index in [2.05, 4.69) is 37.6 Å². The molecule has 0 atom stereocenters. The van der Waals surface area contributed by atoms with E-state index < -0.39 is 0 Å². The Kier molecular flexibility index (Phi) is 3.69. The molecule has 0 saturated heterocycles. The topological polar surface area (TPSA) is 42.7 Å². The van der Waals surface area contributed by atoms with Crippen LogP contribution in [0.25, 0.3) is 0 Å². The predicted octanol–water partition coefficient (Wildman–Crippen LogP) is 1.87. The summed E-state index contributed by atoms with van der Waals surface area (Å²) in [5.74, 6) is 0. The van der Waals surface area contributed by atoms with Gasteiger partial charge in [0.05, 0.1) is 11.9 Å². The monoisotopic (exact) mass is 280 g/mol. The molecule has 5 heteroatoms. The molecule has 0 amide bonds. The Morgan fingerprint density at radius 3 is 2.81 bits per heavy atom. The largest absolute Gasteiger partial charge is 0.307 e. The minimum Gasteiger partial charge on any atom is -0.307 e. The number of benzene rings is 1. The molecule has 4 nitrogen and oxygen atoms in total. The molecule has 0 radical (unpaired) electrons. The normalized spacial score (nSPS) is 10.6. The van der Waals surface area contributed by atoms with Gasteiger partial charge >= 0.3 is 0 Å². The number of nitrogens with one attached hydrogen (secondary N) is 1. The summed E-state index contributed by atoms with van der Waals surface area (Å²) >= 11 is 3.52. The van der Waals surface area contributed by atoms with Crippen LogP contribution in [0.15, 0.2) is 34.9 Å². The fourth-order valence-electron chi connectivity index (χ4n) is 1.44. The lowest BCUT2D eigenvalue weighted by atomic mass is 10.2. The fourth-order valence-corrected chi connectivity index (χ4v) is 1.86. The van der Waals surface area contributed by atoms with Gasteiger partial charge in [-0.2, -0.15) is 0 Å². The van der Waals surface area contributed by atoms with Crippen LogP contribution in [0.2, 0.25) is 0 Å². The molecule has 2 aromatic rings. The molecule has 1 aromatic heterocycles. The smallest absolute Gasteiger partial charge is 0.0738 e. The Bertz CT molecular complexity index is 467. The standard InChI is InChI=1S/C11H13BrN4/c1-16-10(8-14-15-16)7-13-6-9-4-2-3-5-11(9)12/h2-5,8,13H,6-7H2,1H3. The number of aromatic nitrogens is 3. The molecule has 0 fully saturated rings. The molecule has 0 saturated carbocycles. The maximum atomic E-state index is 3.88. The van der Waals surface area contributed by atoms with Gasteiger partial charge in [-0.15, -0.1) is 5.10 Å². The van der Waals surface area contributed by atoms with E-state index in [9.17, 15) is 0 Å². The number of nitrogens with zero attached hydrogens (tertiary/aromatic N) is 3. The van der Waals surface area contributed by atoms with Crippen molar-refractivity contribution in [3.05, 3.63) is 46.2 Å². The van der Waals surface area contributed by atoms with Crippen molar-refractivity contribution >= 4 is 15.9 Å². The van der Waals surface area contributed by atoms with Gasteiger partial charge in [0, 0.05) is 24.6 Å². The second-order valence-electron chi connectivity index (χ2n) is 3.54. The van der Waals surface area contributed by atoms with Crippen LogP contribution in [0.4, 0.5) is 0 Å². The molecule has 16 heavy (non-hydrogen) atoms. The van der Waals surface area contributed by atoms with Crippen LogP contribution in [0.3, 0.4) is 0 Å². The molecule has 0 bridgehead atoms. The average molecular weight is 281 g/mol. The summed E-state index contributed by atoms with van der Waals surface area (Å²) in [5, 5.41) is 11.1. The molecule has 1 N–H and O–H groups in total. The van der Waals surface area contributed by atoms with Crippen molar-refractivity contribution in [2.24, 2.45) is 7.05 Å². The summed E-state index contributed by atoms with van der Waals surface area (Å²) in [6.45, 7) is 1.59. The highest BCUT2D eigenvalue weighted by atomic mass is 79.9. The minimum absolute atomic E-state index is 0.769. The summed E-state index contributed by atoms with van der Waals surface area (Å²) < 4.78 is 2.90. The molecule has 1 heterocycles. The first-order valence-corrected chi connectivity index (χ1v) is 5.84. The Morgan fingerprint density at radius 2 is 2.12 bits per heavy atom. The molecule has 0 aliphatic carbocycles. The van der Waals surface area contributed by atoms with Gasteiger partial charge in [-0.1, -0.05) is 39.3 Å². The van der Waals surface area contributed by atoms with Crippen molar-refractivity contribution < 1.29 is 0 Å². The molecule has 1 aromatic carbocycles.